The van der Waals surface area contributed by atoms with Crippen LogP contribution < -0.4 is 0 Å². The maximum absolute atomic E-state index is 5.85. The van der Waals surface area contributed by atoms with Gasteiger partial charge in [-0.25, -0.2) is 4.98 Å². The zero-order valence-electron chi connectivity index (χ0n) is 5.78. The summed E-state index contributed by atoms with van der Waals surface area (Å²) in [5.41, 5.74) is 2.02. The van der Waals surface area contributed by atoms with Gasteiger partial charge in [0.15, 0.2) is 0 Å². The molecule has 0 amide bonds. The van der Waals surface area contributed by atoms with Crippen LogP contribution in [0, 0.1) is 13.8 Å². The van der Waals surface area contributed by atoms with E-state index in [1.807, 2.05) is 13.8 Å². The first-order valence-corrected chi connectivity index (χ1v) is 4.07. The summed E-state index contributed by atoms with van der Waals surface area (Å²) in [7, 11) is 0. The Labute approximate surface area is 73.6 Å². The molecule has 0 saturated carbocycles. The van der Waals surface area contributed by atoms with E-state index < -0.39 is 0 Å². The van der Waals surface area contributed by atoms with E-state index in [-0.39, 0.29) is 0 Å². The topological polar surface area (TPSA) is 12.9 Å². The van der Waals surface area contributed by atoms with Gasteiger partial charge in [-0.05, 0) is 41.4 Å². The zero-order chi connectivity index (χ0) is 7.72. The molecule has 0 aliphatic rings. The lowest BCUT2D eigenvalue weighted by molar-refractivity contribution is 1.12. The third kappa shape index (κ3) is 1.50. The molecule has 1 aromatic heterocycles. The van der Waals surface area contributed by atoms with Crippen molar-refractivity contribution in [3.63, 3.8) is 0 Å². The maximum atomic E-state index is 5.85. The Morgan fingerprint density at radius 3 is 2.60 bits per heavy atom. The second kappa shape index (κ2) is 2.89. The van der Waals surface area contributed by atoms with Gasteiger partial charge in [-0.15, -0.1) is 0 Å². The first-order valence-electron chi connectivity index (χ1n) is 2.90. The SMILES string of the molecule is Cc1nc(Br)cc(Cl)c1C. The molecule has 0 aliphatic carbocycles. The van der Waals surface area contributed by atoms with Crippen LogP contribution in [0.3, 0.4) is 0 Å². The summed E-state index contributed by atoms with van der Waals surface area (Å²) in [6.45, 7) is 3.89. The van der Waals surface area contributed by atoms with Crippen LogP contribution in [-0.2, 0) is 0 Å². The minimum Gasteiger partial charge on any atom is -0.246 e. The third-order valence-corrected chi connectivity index (χ3v) is 2.22. The molecule has 0 unspecified atom stereocenters. The summed E-state index contributed by atoms with van der Waals surface area (Å²) in [5, 5.41) is 0.763. The van der Waals surface area contributed by atoms with Crippen molar-refractivity contribution in [3.05, 3.63) is 26.9 Å². The zero-order valence-corrected chi connectivity index (χ0v) is 8.12. The van der Waals surface area contributed by atoms with Gasteiger partial charge in [-0.2, -0.15) is 0 Å². The minimum absolute atomic E-state index is 0.763. The standard InChI is InChI=1S/C7H7BrClN/c1-4-5(2)10-7(8)3-6(4)9/h3H,1-2H3. The number of rotatable bonds is 0. The summed E-state index contributed by atoms with van der Waals surface area (Å²) in [6, 6.07) is 1.80. The molecule has 0 bridgehead atoms. The molecule has 1 nitrogen and oxygen atoms in total. The fraction of sp³-hybridized carbons (Fsp3) is 0.286. The first-order chi connectivity index (χ1) is 4.61. The van der Waals surface area contributed by atoms with Crippen LogP contribution in [0.2, 0.25) is 5.02 Å². The number of aryl methyl sites for hydroxylation is 1. The van der Waals surface area contributed by atoms with Crippen molar-refractivity contribution in [2.24, 2.45) is 0 Å². The third-order valence-electron chi connectivity index (χ3n) is 1.42. The highest BCUT2D eigenvalue weighted by atomic mass is 79.9. The first kappa shape index (κ1) is 8.02. The average Bonchev–Trinajstić information content (AvgIpc) is 1.82. The number of nitrogens with zero attached hydrogens (tertiary/aromatic N) is 1. The molecule has 0 fully saturated rings. The predicted octanol–water partition coefficient (Wildman–Crippen LogP) is 3.11. The monoisotopic (exact) mass is 219 g/mol. The lowest BCUT2D eigenvalue weighted by Crippen LogP contribution is -1.87. The molecule has 1 heterocycles. The molecule has 0 radical (unpaired) electrons. The van der Waals surface area contributed by atoms with Gasteiger partial charge >= 0.3 is 0 Å². The minimum atomic E-state index is 0.763. The van der Waals surface area contributed by atoms with Crippen molar-refractivity contribution in [1.82, 2.24) is 4.98 Å². The highest BCUT2D eigenvalue weighted by molar-refractivity contribution is 9.10. The fourth-order valence-corrected chi connectivity index (χ4v) is 1.53. The van der Waals surface area contributed by atoms with Crippen LogP contribution in [-0.4, -0.2) is 4.98 Å². The second-order valence-electron chi connectivity index (χ2n) is 2.14. The van der Waals surface area contributed by atoms with E-state index in [2.05, 4.69) is 20.9 Å². The fourth-order valence-electron chi connectivity index (χ4n) is 0.662. The normalized spacial score (nSPS) is 10.0. The molecular formula is C7H7BrClN. The van der Waals surface area contributed by atoms with Crippen LogP contribution in [0.4, 0.5) is 0 Å². The Bertz CT molecular complexity index is 237. The van der Waals surface area contributed by atoms with Gasteiger partial charge in [-0.1, -0.05) is 11.6 Å². The number of halogens is 2. The maximum Gasteiger partial charge on any atom is 0.107 e. The highest BCUT2D eigenvalue weighted by Crippen LogP contribution is 2.20. The Hall–Kier alpha value is -0.0800. The van der Waals surface area contributed by atoms with Gasteiger partial charge in [0.25, 0.3) is 0 Å². The van der Waals surface area contributed by atoms with Crippen molar-refractivity contribution in [3.8, 4) is 0 Å². The molecule has 0 spiro atoms. The molecule has 0 aliphatic heterocycles. The lowest BCUT2D eigenvalue weighted by Gasteiger charge is -2.00. The molecule has 54 valence electrons. The smallest absolute Gasteiger partial charge is 0.107 e. The molecule has 0 saturated heterocycles. The van der Waals surface area contributed by atoms with Crippen molar-refractivity contribution >= 4 is 27.5 Å². The number of aromatic nitrogens is 1. The van der Waals surface area contributed by atoms with Gasteiger partial charge in [0.2, 0.25) is 0 Å². The van der Waals surface area contributed by atoms with E-state index in [1.165, 1.54) is 0 Å². The molecular weight excluding hydrogens is 213 g/mol. The molecule has 3 heteroatoms. The molecule has 0 N–H and O–H groups in total. The summed E-state index contributed by atoms with van der Waals surface area (Å²) >= 11 is 9.10. The van der Waals surface area contributed by atoms with Crippen molar-refractivity contribution in [1.29, 1.82) is 0 Å². The molecule has 0 atom stereocenters. The summed E-state index contributed by atoms with van der Waals surface area (Å²) in [4.78, 5) is 4.17. The molecule has 0 aromatic carbocycles. The van der Waals surface area contributed by atoms with Crippen LogP contribution in [0.1, 0.15) is 11.3 Å². The van der Waals surface area contributed by atoms with Gasteiger partial charge in [0, 0.05) is 10.7 Å². The van der Waals surface area contributed by atoms with Gasteiger partial charge in [-0.3, -0.25) is 0 Å². The van der Waals surface area contributed by atoms with E-state index >= 15 is 0 Å². The van der Waals surface area contributed by atoms with Crippen LogP contribution in [0.15, 0.2) is 10.7 Å². The van der Waals surface area contributed by atoms with E-state index in [9.17, 15) is 0 Å². The molecule has 1 aromatic rings. The second-order valence-corrected chi connectivity index (χ2v) is 3.36. The summed E-state index contributed by atoms with van der Waals surface area (Å²) < 4.78 is 0.792. The van der Waals surface area contributed by atoms with Crippen LogP contribution >= 0.6 is 27.5 Å². The lowest BCUT2D eigenvalue weighted by atomic mass is 10.2. The molecule has 1 rings (SSSR count). The van der Waals surface area contributed by atoms with E-state index in [4.69, 9.17) is 11.6 Å². The van der Waals surface area contributed by atoms with E-state index in [0.29, 0.717) is 0 Å². The largest absolute Gasteiger partial charge is 0.246 e. The van der Waals surface area contributed by atoms with Crippen molar-refractivity contribution in [2.75, 3.05) is 0 Å². The summed E-state index contributed by atoms with van der Waals surface area (Å²) in [6.07, 6.45) is 0. The number of pyridine rings is 1. The number of hydrogen-bond donors (Lipinski definition) is 0. The number of hydrogen-bond acceptors (Lipinski definition) is 1. The predicted molar refractivity (Wildman–Crippen MR) is 46.4 cm³/mol. The van der Waals surface area contributed by atoms with E-state index in [0.717, 1.165) is 20.9 Å². The highest BCUT2D eigenvalue weighted by Gasteiger charge is 2.00. The van der Waals surface area contributed by atoms with Gasteiger partial charge in [0.05, 0.1) is 0 Å². The molecule has 10 heavy (non-hydrogen) atoms. The van der Waals surface area contributed by atoms with Crippen LogP contribution in [0.5, 0.6) is 0 Å². The van der Waals surface area contributed by atoms with Crippen LogP contribution in [0.25, 0.3) is 0 Å². The van der Waals surface area contributed by atoms with Gasteiger partial charge < -0.3 is 0 Å². The Morgan fingerprint density at radius 2 is 2.10 bits per heavy atom. The average molecular weight is 220 g/mol. The van der Waals surface area contributed by atoms with Crippen molar-refractivity contribution < 1.29 is 0 Å². The Balaban J connectivity index is 3.31. The Morgan fingerprint density at radius 1 is 1.50 bits per heavy atom. The van der Waals surface area contributed by atoms with Gasteiger partial charge in [0.1, 0.15) is 4.60 Å². The quantitative estimate of drug-likeness (QED) is 0.612. The Kier molecular flexibility index (Phi) is 2.32. The van der Waals surface area contributed by atoms with E-state index in [1.54, 1.807) is 6.07 Å². The summed E-state index contributed by atoms with van der Waals surface area (Å²) in [5.74, 6) is 0. The van der Waals surface area contributed by atoms with Crippen molar-refractivity contribution in [2.45, 2.75) is 13.8 Å².